The maximum absolute atomic E-state index is 12.4. The monoisotopic (exact) mass is 463 g/mol. The standard InChI is InChI=1S/C22H29N3O6S/c1-16-19(7-6-8-20(16)25(27)28)24(32(5,29)30)15-21(26)23-13-14-31-18-11-9-17(10-12-18)22(2,3)4/h6-12H,13-15H2,1-5H3,(H,23,26). The van der Waals surface area contributed by atoms with E-state index in [-0.39, 0.29) is 35.5 Å². The molecule has 0 atom stereocenters. The summed E-state index contributed by atoms with van der Waals surface area (Å²) in [7, 11) is -3.85. The van der Waals surface area contributed by atoms with Crippen molar-refractivity contribution in [2.75, 3.05) is 30.3 Å². The highest BCUT2D eigenvalue weighted by Crippen LogP contribution is 2.29. The normalized spacial score (nSPS) is 11.7. The lowest BCUT2D eigenvalue weighted by molar-refractivity contribution is -0.385. The van der Waals surface area contributed by atoms with Gasteiger partial charge in [0.2, 0.25) is 15.9 Å². The van der Waals surface area contributed by atoms with Gasteiger partial charge in [-0.25, -0.2) is 8.42 Å². The molecule has 174 valence electrons. The lowest BCUT2D eigenvalue weighted by Crippen LogP contribution is -2.41. The Balaban J connectivity index is 1.98. The first kappa shape index (κ1) is 25.1. The van der Waals surface area contributed by atoms with Crippen molar-refractivity contribution >= 4 is 27.3 Å². The molecule has 10 heteroatoms. The van der Waals surface area contributed by atoms with Crippen molar-refractivity contribution in [2.24, 2.45) is 0 Å². The van der Waals surface area contributed by atoms with Crippen LogP contribution in [0.2, 0.25) is 0 Å². The van der Waals surface area contributed by atoms with Crippen LogP contribution in [-0.2, 0) is 20.2 Å². The molecule has 0 aliphatic heterocycles. The van der Waals surface area contributed by atoms with E-state index in [1.165, 1.54) is 30.7 Å². The fraction of sp³-hybridized carbons (Fsp3) is 0.409. The molecule has 32 heavy (non-hydrogen) atoms. The zero-order chi connectivity index (χ0) is 24.1. The molecule has 0 saturated carbocycles. The second kappa shape index (κ2) is 9.99. The highest BCUT2D eigenvalue weighted by molar-refractivity contribution is 7.92. The van der Waals surface area contributed by atoms with Gasteiger partial charge < -0.3 is 10.1 Å². The first-order valence-electron chi connectivity index (χ1n) is 10.0. The summed E-state index contributed by atoms with van der Waals surface area (Å²) >= 11 is 0. The molecule has 1 N–H and O–H groups in total. The molecule has 0 aromatic heterocycles. The van der Waals surface area contributed by atoms with Crippen LogP contribution < -0.4 is 14.4 Å². The van der Waals surface area contributed by atoms with E-state index in [9.17, 15) is 23.3 Å². The van der Waals surface area contributed by atoms with E-state index in [2.05, 4.69) is 26.1 Å². The van der Waals surface area contributed by atoms with E-state index in [4.69, 9.17) is 4.74 Å². The number of nitro benzene ring substituents is 1. The predicted molar refractivity (Wildman–Crippen MR) is 124 cm³/mol. The molecule has 0 radical (unpaired) electrons. The zero-order valence-electron chi connectivity index (χ0n) is 18.9. The summed E-state index contributed by atoms with van der Waals surface area (Å²) in [6.07, 6.45) is 0.947. The minimum Gasteiger partial charge on any atom is -0.492 e. The van der Waals surface area contributed by atoms with Gasteiger partial charge in [0.1, 0.15) is 18.9 Å². The Labute approximate surface area is 188 Å². The molecule has 0 heterocycles. The molecule has 0 spiro atoms. The first-order valence-corrected chi connectivity index (χ1v) is 11.9. The fourth-order valence-electron chi connectivity index (χ4n) is 3.06. The molecule has 9 nitrogen and oxygen atoms in total. The molecule has 0 bridgehead atoms. The number of hydrogen-bond acceptors (Lipinski definition) is 6. The molecule has 2 aromatic rings. The largest absolute Gasteiger partial charge is 0.492 e. The molecule has 0 aliphatic carbocycles. The van der Waals surface area contributed by atoms with Crippen LogP contribution in [0.3, 0.4) is 0 Å². The number of rotatable bonds is 9. The molecular formula is C22H29N3O6S. The number of amides is 1. The number of hydrogen-bond donors (Lipinski definition) is 1. The number of nitro groups is 1. The number of carbonyl (C=O) groups is 1. The van der Waals surface area contributed by atoms with E-state index < -0.39 is 27.4 Å². The lowest BCUT2D eigenvalue weighted by Gasteiger charge is -2.23. The Kier molecular flexibility index (Phi) is 7.84. The summed E-state index contributed by atoms with van der Waals surface area (Å²) in [5.74, 6) is 0.116. The van der Waals surface area contributed by atoms with Gasteiger partial charge >= 0.3 is 0 Å². The SMILES string of the molecule is Cc1c(N(CC(=O)NCCOc2ccc(C(C)(C)C)cc2)S(C)(=O)=O)cccc1[N+](=O)[O-]. The van der Waals surface area contributed by atoms with Crippen LogP contribution in [0.15, 0.2) is 42.5 Å². The predicted octanol–water partition coefficient (Wildman–Crippen LogP) is 3.16. The van der Waals surface area contributed by atoms with Crippen molar-refractivity contribution in [1.29, 1.82) is 0 Å². The van der Waals surface area contributed by atoms with Gasteiger partial charge in [0.25, 0.3) is 5.69 Å². The molecule has 0 unspecified atom stereocenters. The van der Waals surface area contributed by atoms with Crippen LogP contribution in [0.1, 0.15) is 31.9 Å². The average molecular weight is 464 g/mol. The number of sulfonamides is 1. The van der Waals surface area contributed by atoms with Gasteiger partial charge in [0, 0.05) is 6.07 Å². The van der Waals surface area contributed by atoms with Crippen LogP contribution in [0, 0.1) is 17.0 Å². The Morgan fingerprint density at radius 1 is 1.16 bits per heavy atom. The van der Waals surface area contributed by atoms with Crippen molar-refractivity contribution in [3.63, 3.8) is 0 Å². The van der Waals surface area contributed by atoms with E-state index in [0.717, 1.165) is 10.6 Å². The average Bonchev–Trinajstić information content (AvgIpc) is 2.68. The molecule has 1 amide bonds. The molecule has 0 aliphatic rings. The third-order valence-electron chi connectivity index (χ3n) is 4.84. The third kappa shape index (κ3) is 6.68. The third-order valence-corrected chi connectivity index (χ3v) is 5.97. The van der Waals surface area contributed by atoms with Crippen LogP contribution in [0.4, 0.5) is 11.4 Å². The smallest absolute Gasteiger partial charge is 0.274 e. The van der Waals surface area contributed by atoms with Gasteiger partial charge in [0.15, 0.2) is 0 Å². The summed E-state index contributed by atoms with van der Waals surface area (Å²) in [4.78, 5) is 22.9. The van der Waals surface area contributed by atoms with Crippen molar-refractivity contribution in [2.45, 2.75) is 33.1 Å². The topological polar surface area (TPSA) is 119 Å². The van der Waals surface area contributed by atoms with E-state index >= 15 is 0 Å². The minimum atomic E-state index is -3.85. The van der Waals surface area contributed by atoms with Gasteiger partial charge in [-0.2, -0.15) is 0 Å². The minimum absolute atomic E-state index is 0.0372. The fourth-order valence-corrected chi connectivity index (χ4v) is 3.96. The number of anilines is 1. The highest BCUT2D eigenvalue weighted by atomic mass is 32.2. The maximum atomic E-state index is 12.4. The van der Waals surface area contributed by atoms with Gasteiger partial charge in [-0.15, -0.1) is 0 Å². The quantitative estimate of drug-likeness (QED) is 0.347. The van der Waals surface area contributed by atoms with E-state index in [1.54, 1.807) is 0 Å². The molecule has 2 rings (SSSR count). The number of carbonyl (C=O) groups excluding carboxylic acids is 1. The van der Waals surface area contributed by atoms with Gasteiger partial charge in [-0.05, 0) is 36.1 Å². The van der Waals surface area contributed by atoms with Crippen molar-refractivity contribution in [3.8, 4) is 5.75 Å². The summed E-state index contributed by atoms with van der Waals surface area (Å²) in [6.45, 7) is 7.68. The van der Waals surface area contributed by atoms with E-state index in [1.807, 2.05) is 24.3 Å². The Bertz CT molecular complexity index is 1080. The molecule has 2 aromatic carbocycles. The summed E-state index contributed by atoms with van der Waals surface area (Å²) in [5, 5.41) is 13.8. The number of nitrogens with one attached hydrogen (secondary N) is 1. The Morgan fingerprint density at radius 3 is 2.31 bits per heavy atom. The van der Waals surface area contributed by atoms with Gasteiger partial charge in [0.05, 0.1) is 29.0 Å². The summed E-state index contributed by atoms with van der Waals surface area (Å²) < 4.78 is 31.0. The lowest BCUT2D eigenvalue weighted by atomic mass is 9.87. The van der Waals surface area contributed by atoms with Crippen LogP contribution >= 0.6 is 0 Å². The summed E-state index contributed by atoms with van der Waals surface area (Å²) in [5.41, 5.74) is 1.25. The van der Waals surface area contributed by atoms with Gasteiger partial charge in [-0.3, -0.25) is 19.2 Å². The summed E-state index contributed by atoms with van der Waals surface area (Å²) in [6, 6.07) is 11.8. The zero-order valence-corrected chi connectivity index (χ0v) is 19.7. The van der Waals surface area contributed by atoms with Crippen LogP contribution in [0.25, 0.3) is 0 Å². The second-order valence-electron chi connectivity index (χ2n) is 8.42. The van der Waals surface area contributed by atoms with Gasteiger partial charge in [-0.1, -0.05) is 39.0 Å². The highest BCUT2D eigenvalue weighted by Gasteiger charge is 2.25. The van der Waals surface area contributed by atoms with Crippen LogP contribution in [0.5, 0.6) is 5.75 Å². The molecule has 0 saturated heterocycles. The van der Waals surface area contributed by atoms with Crippen LogP contribution in [-0.4, -0.2) is 45.2 Å². The molecule has 0 fully saturated rings. The first-order chi connectivity index (χ1) is 14.8. The van der Waals surface area contributed by atoms with Crippen molar-refractivity contribution in [1.82, 2.24) is 5.32 Å². The number of ether oxygens (including phenoxy) is 1. The number of benzene rings is 2. The maximum Gasteiger partial charge on any atom is 0.274 e. The second-order valence-corrected chi connectivity index (χ2v) is 10.3. The Morgan fingerprint density at radius 2 is 1.78 bits per heavy atom. The molecular weight excluding hydrogens is 434 g/mol. The van der Waals surface area contributed by atoms with E-state index in [0.29, 0.717) is 5.75 Å². The van der Waals surface area contributed by atoms with Crippen molar-refractivity contribution < 1.29 is 22.9 Å². The van der Waals surface area contributed by atoms with Crippen molar-refractivity contribution in [3.05, 3.63) is 63.7 Å². The number of nitrogens with zero attached hydrogens (tertiary/aromatic N) is 2. The Hall–Kier alpha value is -3.14.